The lowest BCUT2D eigenvalue weighted by Crippen LogP contribution is -2.48. The summed E-state index contributed by atoms with van der Waals surface area (Å²) in [6.07, 6.45) is 0. The Kier molecular flexibility index (Phi) is 5.49. The van der Waals surface area contributed by atoms with Gasteiger partial charge in [0.05, 0.1) is 12.3 Å². The molecule has 1 aliphatic heterocycles. The first kappa shape index (κ1) is 20.6. The third kappa shape index (κ3) is 4.84. The second kappa shape index (κ2) is 7.72. The summed E-state index contributed by atoms with van der Waals surface area (Å²) in [7, 11) is -3.77. The van der Waals surface area contributed by atoms with Crippen molar-refractivity contribution >= 4 is 21.9 Å². The molecule has 0 saturated carbocycles. The van der Waals surface area contributed by atoms with E-state index in [4.69, 9.17) is 5.73 Å². The standard InChI is InChI=1S/C19H22N4O5S/c1-19(12-21-29(27,28)11-14-5-3-7-16(25)9-14)17(26)23(18(20)22-19)10-13-4-2-6-15(24)8-13/h2-9,21,24-25H,10-12H2,1H3,(H2,20,22). The van der Waals surface area contributed by atoms with Crippen molar-refractivity contribution in [1.82, 2.24) is 9.62 Å². The van der Waals surface area contributed by atoms with Crippen molar-refractivity contribution in [2.75, 3.05) is 6.54 Å². The molecule has 0 spiro atoms. The zero-order valence-corrected chi connectivity index (χ0v) is 16.6. The van der Waals surface area contributed by atoms with Gasteiger partial charge in [0.25, 0.3) is 5.91 Å². The Morgan fingerprint density at radius 3 is 2.31 bits per heavy atom. The molecule has 0 saturated heterocycles. The van der Waals surface area contributed by atoms with Gasteiger partial charge in [0.15, 0.2) is 11.5 Å². The van der Waals surface area contributed by atoms with Crippen LogP contribution in [0.5, 0.6) is 11.5 Å². The molecule has 1 atom stereocenters. The van der Waals surface area contributed by atoms with E-state index in [0.29, 0.717) is 11.1 Å². The summed E-state index contributed by atoms with van der Waals surface area (Å²) in [5.74, 6) is -0.785. The van der Waals surface area contributed by atoms with Crippen molar-refractivity contribution in [2.24, 2.45) is 10.7 Å². The number of aromatic hydroxyl groups is 2. The van der Waals surface area contributed by atoms with Crippen molar-refractivity contribution in [2.45, 2.75) is 24.8 Å². The minimum absolute atomic E-state index is 0.0203. The van der Waals surface area contributed by atoms with Crippen molar-refractivity contribution in [3.8, 4) is 11.5 Å². The van der Waals surface area contributed by atoms with E-state index in [1.807, 2.05) is 0 Å². The number of carbonyl (C=O) groups is 1. The number of benzene rings is 2. The Balaban J connectivity index is 1.68. The lowest BCUT2D eigenvalue weighted by molar-refractivity contribution is -0.130. The molecule has 1 amide bonds. The molecule has 0 bridgehead atoms. The molecule has 2 aromatic carbocycles. The molecule has 29 heavy (non-hydrogen) atoms. The molecule has 1 heterocycles. The predicted octanol–water partition coefficient (Wildman–Crippen LogP) is 0.633. The number of guanidine groups is 1. The normalized spacial score (nSPS) is 19.4. The lowest BCUT2D eigenvalue weighted by Gasteiger charge is -2.22. The molecule has 1 aliphatic rings. The molecule has 2 aromatic rings. The number of phenols is 2. The van der Waals surface area contributed by atoms with E-state index in [9.17, 15) is 23.4 Å². The Morgan fingerprint density at radius 2 is 1.69 bits per heavy atom. The maximum Gasteiger partial charge on any atom is 0.258 e. The first-order valence-corrected chi connectivity index (χ1v) is 10.4. The third-order valence-electron chi connectivity index (χ3n) is 4.50. The summed E-state index contributed by atoms with van der Waals surface area (Å²) < 4.78 is 27.2. The number of sulfonamides is 1. The summed E-state index contributed by atoms with van der Waals surface area (Å²) >= 11 is 0. The fraction of sp³-hybridized carbons (Fsp3) is 0.263. The van der Waals surface area contributed by atoms with Crippen LogP contribution in [0.15, 0.2) is 53.5 Å². The zero-order valence-electron chi connectivity index (χ0n) is 15.7. The highest BCUT2D eigenvalue weighted by Gasteiger charge is 2.44. The SMILES string of the molecule is CC1(CNS(=O)(=O)Cc2cccc(O)c2)N=C(N)N(Cc2cccc(O)c2)C1=O. The van der Waals surface area contributed by atoms with E-state index in [0.717, 1.165) is 0 Å². The number of aliphatic imine (C=N–C) groups is 1. The number of nitrogens with two attached hydrogens (primary N) is 1. The van der Waals surface area contributed by atoms with Gasteiger partial charge in [0.2, 0.25) is 10.0 Å². The van der Waals surface area contributed by atoms with Gasteiger partial charge in [-0.2, -0.15) is 0 Å². The average molecular weight is 418 g/mol. The molecule has 154 valence electrons. The number of hydrogen-bond acceptors (Lipinski definition) is 7. The second-order valence-corrected chi connectivity index (χ2v) is 8.86. The summed E-state index contributed by atoms with van der Waals surface area (Å²) in [6, 6.07) is 12.3. The number of nitrogens with zero attached hydrogens (tertiary/aromatic N) is 2. The number of nitrogens with one attached hydrogen (secondary N) is 1. The third-order valence-corrected chi connectivity index (χ3v) is 5.80. The van der Waals surface area contributed by atoms with Gasteiger partial charge in [-0.25, -0.2) is 18.1 Å². The van der Waals surface area contributed by atoms with Gasteiger partial charge in [0.1, 0.15) is 11.5 Å². The van der Waals surface area contributed by atoms with Gasteiger partial charge in [-0.05, 0) is 42.3 Å². The van der Waals surface area contributed by atoms with Crippen molar-refractivity contribution in [3.05, 3.63) is 59.7 Å². The van der Waals surface area contributed by atoms with Crippen molar-refractivity contribution < 1.29 is 23.4 Å². The minimum atomic E-state index is -3.77. The van der Waals surface area contributed by atoms with Crippen molar-refractivity contribution in [1.29, 1.82) is 0 Å². The molecule has 0 aliphatic carbocycles. The Hall–Kier alpha value is -3.11. The zero-order chi connectivity index (χ0) is 21.2. The second-order valence-electron chi connectivity index (χ2n) is 7.06. The van der Waals surface area contributed by atoms with Gasteiger partial charge < -0.3 is 15.9 Å². The van der Waals surface area contributed by atoms with Crippen LogP contribution in [-0.4, -0.2) is 47.5 Å². The number of carbonyl (C=O) groups excluding carboxylic acids is 1. The predicted molar refractivity (Wildman–Crippen MR) is 107 cm³/mol. The molecule has 0 radical (unpaired) electrons. The van der Waals surface area contributed by atoms with E-state index in [1.54, 1.807) is 24.3 Å². The van der Waals surface area contributed by atoms with Crippen LogP contribution >= 0.6 is 0 Å². The smallest absolute Gasteiger partial charge is 0.258 e. The summed E-state index contributed by atoms with van der Waals surface area (Å²) in [5.41, 5.74) is 5.58. The van der Waals surface area contributed by atoms with E-state index in [1.165, 1.54) is 36.1 Å². The quantitative estimate of drug-likeness (QED) is 0.519. The fourth-order valence-electron chi connectivity index (χ4n) is 3.03. The van der Waals surface area contributed by atoms with Gasteiger partial charge in [-0.15, -0.1) is 0 Å². The van der Waals surface area contributed by atoms with E-state index >= 15 is 0 Å². The molecular formula is C19H22N4O5S. The molecule has 3 rings (SSSR count). The number of hydrogen-bond donors (Lipinski definition) is 4. The molecule has 10 heteroatoms. The molecule has 9 nitrogen and oxygen atoms in total. The topological polar surface area (TPSA) is 145 Å². The van der Waals surface area contributed by atoms with E-state index in [2.05, 4.69) is 9.71 Å². The fourth-order valence-corrected chi connectivity index (χ4v) is 4.25. The van der Waals surface area contributed by atoms with E-state index in [-0.39, 0.29) is 36.3 Å². The van der Waals surface area contributed by atoms with Crippen molar-refractivity contribution in [3.63, 3.8) is 0 Å². The summed E-state index contributed by atoms with van der Waals surface area (Å²) in [6.45, 7) is 1.35. The van der Waals surface area contributed by atoms with E-state index < -0.39 is 21.5 Å². The van der Waals surface area contributed by atoms with Crippen LogP contribution in [0.3, 0.4) is 0 Å². The Bertz CT molecular complexity index is 1070. The maximum absolute atomic E-state index is 12.8. The number of amides is 1. The molecular weight excluding hydrogens is 396 g/mol. The summed E-state index contributed by atoms with van der Waals surface area (Å²) in [4.78, 5) is 18.3. The van der Waals surface area contributed by atoms with Crippen LogP contribution < -0.4 is 10.5 Å². The number of phenolic OH excluding ortho intramolecular Hbond substituents is 2. The van der Waals surface area contributed by atoms with Crippen LogP contribution in [0.25, 0.3) is 0 Å². The Morgan fingerprint density at radius 1 is 1.10 bits per heavy atom. The largest absolute Gasteiger partial charge is 0.508 e. The Labute approximate surface area is 168 Å². The van der Waals surface area contributed by atoms with Crippen LogP contribution in [0.4, 0.5) is 0 Å². The first-order chi connectivity index (χ1) is 13.6. The molecule has 0 aromatic heterocycles. The minimum Gasteiger partial charge on any atom is -0.508 e. The van der Waals surface area contributed by atoms with Crippen LogP contribution in [0.2, 0.25) is 0 Å². The monoisotopic (exact) mass is 418 g/mol. The lowest BCUT2D eigenvalue weighted by atomic mass is 10.0. The molecule has 5 N–H and O–H groups in total. The number of rotatable bonds is 7. The first-order valence-electron chi connectivity index (χ1n) is 8.78. The molecule has 1 unspecified atom stereocenters. The van der Waals surface area contributed by atoms with Gasteiger partial charge in [0, 0.05) is 6.54 Å². The van der Waals surface area contributed by atoms with Crippen LogP contribution in [0, 0.1) is 0 Å². The highest BCUT2D eigenvalue weighted by Crippen LogP contribution is 2.24. The molecule has 0 fully saturated rings. The highest BCUT2D eigenvalue weighted by atomic mass is 32.2. The maximum atomic E-state index is 12.8. The average Bonchev–Trinajstić information content (AvgIpc) is 2.84. The van der Waals surface area contributed by atoms with Gasteiger partial charge in [-0.3, -0.25) is 9.69 Å². The summed E-state index contributed by atoms with van der Waals surface area (Å²) in [5, 5.41) is 19.0. The highest BCUT2D eigenvalue weighted by molar-refractivity contribution is 7.88. The van der Waals surface area contributed by atoms with Crippen LogP contribution in [0.1, 0.15) is 18.1 Å². The van der Waals surface area contributed by atoms with Gasteiger partial charge in [-0.1, -0.05) is 24.3 Å². The van der Waals surface area contributed by atoms with Crippen LogP contribution in [-0.2, 0) is 27.1 Å². The van der Waals surface area contributed by atoms with Gasteiger partial charge >= 0.3 is 0 Å².